The number of thiazole rings is 1. The van der Waals surface area contributed by atoms with Crippen LogP contribution in [0.3, 0.4) is 0 Å². The van der Waals surface area contributed by atoms with Crippen LogP contribution >= 0.6 is 11.3 Å². The van der Waals surface area contributed by atoms with Crippen molar-refractivity contribution in [2.75, 3.05) is 6.54 Å². The fourth-order valence-corrected chi connectivity index (χ4v) is 4.14. The second-order valence-corrected chi connectivity index (χ2v) is 6.94. The Kier molecular flexibility index (Phi) is 5.83. The van der Waals surface area contributed by atoms with Gasteiger partial charge in [0.2, 0.25) is 0 Å². The maximum Gasteiger partial charge on any atom is 0.0931 e. The molecule has 3 heteroatoms. The first-order chi connectivity index (χ1) is 9.22. The monoisotopic (exact) mass is 280 g/mol. The van der Waals surface area contributed by atoms with Gasteiger partial charge in [-0.15, -0.1) is 11.3 Å². The second-order valence-electron chi connectivity index (χ2n) is 5.99. The molecule has 0 amide bonds. The Morgan fingerprint density at radius 1 is 1.37 bits per heavy atom. The Hall–Kier alpha value is -0.410. The summed E-state index contributed by atoms with van der Waals surface area (Å²) in [5.74, 6) is 1.72. The number of aromatic nitrogens is 1. The number of aryl methyl sites for hydroxylation is 1. The zero-order valence-electron chi connectivity index (χ0n) is 12.6. The Bertz CT molecular complexity index is 375. The molecule has 19 heavy (non-hydrogen) atoms. The van der Waals surface area contributed by atoms with Crippen LogP contribution in [0, 0.1) is 18.8 Å². The van der Waals surface area contributed by atoms with E-state index in [1.54, 1.807) is 0 Å². The van der Waals surface area contributed by atoms with Gasteiger partial charge in [0.05, 0.1) is 5.01 Å². The molecule has 1 aromatic rings. The molecule has 0 radical (unpaired) electrons. The van der Waals surface area contributed by atoms with Gasteiger partial charge in [0.25, 0.3) is 0 Å². The van der Waals surface area contributed by atoms with Crippen molar-refractivity contribution < 1.29 is 0 Å². The third-order valence-electron chi connectivity index (χ3n) is 4.43. The summed E-state index contributed by atoms with van der Waals surface area (Å²) >= 11 is 1.84. The van der Waals surface area contributed by atoms with Crippen LogP contribution in [-0.4, -0.2) is 17.6 Å². The summed E-state index contributed by atoms with van der Waals surface area (Å²) in [5.41, 5.74) is 1.18. The molecule has 1 saturated carbocycles. The van der Waals surface area contributed by atoms with Crippen molar-refractivity contribution >= 4 is 11.3 Å². The van der Waals surface area contributed by atoms with Crippen molar-refractivity contribution in [3.63, 3.8) is 0 Å². The van der Waals surface area contributed by atoms with Crippen LogP contribution in [0.4, 0.5) is 0 Å². The predicted molar refractivity (Wildman–Crippen MR) is 83.8 cm³/mol. The molecular formula is C16H28N2S. The van der Waals surface area contributed by atoms with Crippen molar-refractivity contribution in [1.82, 2.24) is 10.3 Å². The Morgan fingerprint density at radius 3 is 2.84 bits per heavy atom. The lowest BCUT2D eigenvalue weighted by Gasteiger charge is -2.36. The van der Waals surface area contributed by atoms with Gasteiger partial charge < -0.3 is 5.32 Å². The lowest BCUT2D eigenvalue weighted by molar-refractivity contribution is 0.198. The predicted octanol–water partition coefficient (Wildman–Crippen LogP) is 4.19. The lowest BCUT2D eigenvalue weighted by Crippen LogP contribution is -2.41. The third kappa shape index (κ3) is 4.28. The van der Waals surface area contributed by atoms with E-state index in [1.165, 1.54) is 49.2 Å². The van der Waals surface area contributed by atoms with E-state index in [-0.39, 0.29) is 0 Å². The first-order valence-corrected chi connectivity index (χ1v) is 8.75. The molecule has 1 aromatic heterocycles. The first-order valence-electron chi connectivity index (χ1n) is 7.87. The lowest BCUT2D eigenvalue weighted by atomic mass is 9.75. The molecule has 1 fully saturated rings. The average Bonchev–Trinajstić information content (AvgIpc) is 2.82. The van der Waals surface area contributed by atoms with E-state index < -0.39 is 0 Å². The number of nitrogens with zero attached hydrogens (tertiary/aromatic N) is 1. The molecule has 0 bridgehead atoms. The fraction of sp³-hybridized carbons (Fsp3) is 0.812. The summed E-state index contributed by atoms with van der Waals surface area (Å²) < 4.78 is 0. The maximum absolute atomic E-state index is 4.66. The highest BCUT2D eigenvalue weighted by Crippen LogP contribution is 2.34. The van der Waals surface area contributed by atoms with Crippen LogP contribution in [0.25, 0.3) is 0 Å². The molecular weight excluding hydrogens is 252 g/mol. The quantitative estimate of drug-likeness (QED) is 0.845. The third-order valence-corrected chi connectivity index (χ3v) is 5.42. The largest absolute Gasteiger partial charge is 0.314 e. The van der Waals surface area contributed by atoms with Crippen LogP contribution in [0.5, 0.6) is 0 Å². The zero-order valence-corrected chi connectivity index (χ0v) is 13.4. The zero-order chi connectivity index (χ0) is 13.7. The van der Waals surface area contributed by atoms with Gasteiger partial charge in [-0.25, -0.2) is 4.98 Å². The Balaban J connectivity index is 1.97. The molecule has 0 aromatic carbocycles. The molecule has 1 N–H and O–H groups in total. The van der Waals surface area contributed by atoms with Crippen molar-refractivity contribution in [2.24, 2.45) is 11.8 Å². The highest BCUT2D eigenvalue weighted by molar-refractivity contribution is 7.09. The average molecular weight is 280 g/mol. The highest BCUT2D eigenvalue weighted by Gasteiger charge is 2.29. The van der Waals surface area contributed by atoms with Crippen molar-refractivity contribution in [3.05, 3.63) is 16.1 Å². The molecule has 1 aliphatic rings. The highest BCUT2D eigenvalue weighted by atomic mass is 32.1. The topological polar surface area (TPSA) is 24.9 Å². The molecule has 0 saturated heterocycles. The molecule has 0 spiro atoms. The minimum atomic E-state index is 0.715. The van der Waals surface area contributed by atoms with E-state index in [1.807, 2.05) is 11.3 Å². The normalized spacial score (nSPS) is 27.6. The van der Waals surface area contributed by atoms with Crippen LogP contribution < -0.4 is 5.32 Å². The van der Waals surface area contributed by atoms with Gasteiger partial charge in [0.15, 0.2) is 0 Å². The van der Waals surface area contributed by atoms with Crippen molar-refractivity contribution in [3.8, 4) is 0 Å². The summed E-state index contributed by atoms with van der Waals surface area (Å²) in [6.45, 7) is 7.86. The number of hydrogen-bond acceptors (Lipinski definition) is 3. The van der Waals surface area contributed by atoms with E-state index >= 15 is 0 Å². The Labute approximate surface area is 122 Å². The Morgan fingerprint density at radius 2 is 2.21 bits per heavy atom. The SMILES string of the molecule is CCCNC1CCC(CC)CC1Cc1nc(C)cs1. The van der Waals surface area contributed by atoms with E-state index in [2.05, 4.69) is 36.5 Å². The van der Waals surface area contributed by atoms with E-state index in [0.717, 1.165) is 18.4 Å². The molecule has 2 rings (SSSR count). The van der Waals surface area contributed by atoms with E-state index in [4.69, 9.17) is 0 Å². The number of nitrogens with one attached hydrogen (secondary N) is 1. The van der Waals surface area contributed by atoms with Crippen molar-refractivity contribution in [1.29, 1.82) is 0 Å². The summed E-state index contributed by atoms with van der Waals surface area (Å²) in [7, 11) is 0. The van der Waals surface area contributed by atoms with Gasteiger partial charge in [-0.2, -0.15) is 0 Å². The standard InChI is InChI=1S/C16H28N2S/c1-4-8-17-15-7-6-13(5-2)9-14(15)10-16-18-12(3)11-19-16/h11,13-15,17H,4-10H2,1-3H3. The molecule has 3 atom stereocenters. The van der Waals surface area contributed by atoms with Gasteiger partial charge in [-0.3, -0.25) is 0 Å². The summed E-state index contributed by atoms with van der Waals surface area (Å²) in [4.78, 5) is 4.66. The van der Waals surface area contributed by atoms with Crippen LogP contribution in [0.15, 0.2) is 5.38 Å². The molecule has 108 valence electrons. The summed E-state index contributed by atoms with van der Waals surface area (Å²) in [6.07, 6.45) is 7.90. The maximum atomic E-state index is 4.66. The summed E-state index contributed by atoms with van der Waals surface area (Å²) in [5, 5.41) is 7.29. The minimum absolute atomic E-state index is 0.715. The molecule has 1 aliphatic carbocycles. The van der Waals surface area contributed by atoms with Gasteiger partial charge >= 0.3 is 0 Å². The van der Waals surface area contributed by atoms with Gasteiger partial charge in [-0.05, 0) is 51.0 Å². The van der Waals surface area contributed by atoms with Gasteiger partial charge in [0.1, 0.15) is 0 Å². The summed E-state index contributed by atoms with van der Waals surface area (Å²) in [6, 6.07) is 0.715. The number of hydrogen-bond donors (Lipinski definition) is 1. The second kappa shape index (κ2) is 7.39. The molecule has 2 nitrogen and oxygen atoms in total. The van der Waals surface area contributed by atoms with Crippen molar-refractivity contribution in [2.45, 2.75) is 65.3 Å². The minimum Gasteiger partial charge on any atom is -0.314 e. The van der Waals surface area contributed by atoms with E-state index in [0.29, 0.717) is 6.04 Å². The fourth-order valence-electron chi connectivity index (χ4n) is 3.28. The molecule has 0 aliphatic heterocycles. The number of rotatable bonds is 6. The smallest absolute Gasteiger partial charge is 0.0931 e. The van der Waals surface area contributed by atoms with Crippen LogP contribution in [0.1, 0.15) is 56.7 Å². The van der Waals surface area contributed by atoms with Gasteiger partial charge in [0, 0.05) is 23.5 Å². The van der Waals surface area contributed by atoms with Crippen LogP contribution in [0.2, 0.25) is 0 Å². The molecule has 3 unspecified atom stereocenters. The van der Waals surface area contributed by atoms with Crippen LogP contribution in [-0.2, 0) is 6.42 Å². The van der Waals surface area contributed by atoms with Gasteiger partial charge in [-0.1, -0.05) is 20.3 Å². The first kappa shape index (κ1) is 15.0. The van der Waals surface area contributed by atoms with E-state index in [9.17, 15) is 0 Å². The molecule has 1 heterocycles.